The maximum atomic E-state index is 12.4. The number of fused-ring (bicyclic) bond motifs is 1. The molecule has 2 aromatic heterocycles. The van der Waals surface area contributed by atoms with Crippen LogP contribution in [0.25, 0.3) is 11.0 Å². The maximum absolute atomic E-state index is 12.4. The van der Waals surface area contributed by atoms with Crippen molar-refractivity contribution in [3.63, 3.8) is 0 Å². The van der Waals surface area contributed by atoms with Gasteiger partial charge in [-0.25, -0.2) is 19.6 Å². The third-order valence-electron chi connectivity index (χ3n) is 7.74. The van der Waals surface area contributed by atoms with E-state index >= 15 is 0 Å². The maximum Gasteiger partial charge on any atom is 0.407 e. The molecule has 3 amide bonds. The zero-order valence-corrected chi connectivity index (χ0v) is 23.4. The number of amides is 3. The van der Waals surface area contributed by atoms with Gasteiger partial charge in [0.2, 0.25) is 5.95 Å². The number of aromatic nitrogens is 3. The van der Waals surface area contributed by atoms with Gasteiger partial charge in [0.25, 0.3) is 0 Å². The highest BCUT2D eigenvalue weighted by Gasteiger charge is 2.38. The zero-order valence-electron chi connectivity index (χ0n) is 23.4. The molecule has 2 aliphatic rings. The smallest absolute Gasteiger partial charge is 0.407 e. The van der Waals surface area contributed by atoms with Crippen LogP contribution in [0.1, 0.15) is 52.9 Å². The van der Waals surface area contributed by atoms with Gasteiger partial charge < -0.3 is 25.5 Å². The predicted molar refractivity (Wildman–Crippen MR) is 156 cm³/mol. The van der Waals surface area contributed by atoms with Gasteiger partial charge in [0.15, 0.2) is 5.65 Å². The van der Waals surface area contributed by atoms with Gasteiger partial charge in [-0.3, -0.25) is 5.32 Å². The Hall–Kier alpha value is -4.15. The lowest BCUT2D eigenvalue weighted by Gasteiger charge is -2.46. The summed E-state index contributed by atoms with van der Waals surface area (Å²) in [7, 11) is 0. The number of urea groups is 1. The van der Waals surface area contributed by atoms with E-state index in [0.29, 0.717) is 37.0 Å². The average molecular weight is 547 g/mol. The van der Waals surface area contributed by atoms with Crippen molar-refractivity contribution in [2.24, 2.45) is 5.41 Å². The Labute approximate surface area is 234 Å². The SMILES string of the molecule is CC(C)(C)C1CN(c2ccc(Nc3ncc4ccc(NC(=O)NC5CCCCC5)nc4n3)cc2)CCN1C(=O)O. The first-order valence-electron chi connectivity index (χ1n) is 14.0. The minimum absolute atomic E-state index is 0.104. The van der Waals surface area contributed by atoms with Gasteiger partial charge in [-0.15, -0.1) is 0 Å². The third kappa shape index (κ3) is 6.52. The summed E-state index contributed by atoms with van der Waals surface area (Å²) in [4.78, 5) is 41.5. The van der Waals surface area contributed by atoms with E-state index < -0.39 is 6.09 Å². The van der Waals surface area contributed by atoms with Gasteiger partial charge in [-0.1, -0.05) is 40.0 Å². The molecule has 1 aliphatic heterocycles. The van der Waals surface area contributed by atoms with E-state index in [1.807, 2.05) is 30.3 Å². The van der Waals surface area contributed by atoms with E-state index in [-0.39, 0.29) is 23.5 Å². The van der Waals surface area contributed by atoms with Gasteiger partial charge >= 0.3 is 12.1 Å². The lowest BCUT2D eigenvalue weighted by atomic mass is 9.84. The minimum atomic E-state index is -0.866. The molecule has 4 N–H and O–H groups in total. The number of rotatable bonds is 5. The molecule has 11 heteroatoms. The largest absolute Gasteiger partial charge is 0.465 e. The summed E-state index contributed by atoms with van der Waals surface area (Å²) in [5.74, 6) is 0.839. The standard InChI is InChI=1S/C29H38N8O3/c1-29(2,3)23-18-36(15-16-37(23)28(39)40)22-12-10-21(11-13-22)31-26-30-17-19-9-14-24(33-25(19)35-26)34-27(38)32-20-7-5-4-6-8-20/h9-14,17,20,23H,4-8,15-16,18H2,1-3H3,(H,39,40)(H3,30,31,32,33,34,35,38). The lowest BCUT2D eigenvalue weighted by Crippen LogP contribution is -2.59. The van der Waals surface area contributed by atoms with Crippen molar-refractivity contribution in [3.05, 3.63) is 42.6 Å². The van der Waals surface area contributed by atoms with Crippen LogP contribution in [0.2, 0.25) is 0 Å². The second-order valence-corrected chi connectivity index (χ2v) is 11.7. The van der Waals surface area contributed by atoms with Crippen LogP contribution in [-0.4, -0.2) is 68.8 Å². The number of carbonyl (C=O) groups excluding carboxylic acids is 1. The first-order chi connectivity index (χ1) is 19.2. The molecule has 3 aromatic rings. The number of benzene rings is 1. The summed E-state index contributed by atoms with van der Waals surface area (Å²) in [5.41, 5.74) is 2.16. The normalized spacial score (nSPS) is 18.4. The fourth-order valence-corrected chi connectivity index (χ4v) is 5.50. The summed E-state index contributed by atoms with van der Waals surface area (Å²) >= 11 is 0. The minimum Gasteiger partial charge on any atom is -0.465 e. The van der Waals surface area contributed by atoms with Crippen LogP contribution in [0.4, 0.5) is 32.7 Å². The summed E-state index contributed by atoms with van der Waals surface area (Å²) in [6, 6.07) is 11.4. The Bertz CT molecular complexity index is 1350. The molecule has 0 radical (unpaired) electrons. The Kier molecular flexibility index (Phi) is 7.90. The zero-order chi connectivity index (χ0) is 28.3. The number of hydrogen-bond acceptors (Lipinski definition) is 7. The molecular formula is C29H38N8O3. The van der Waals surface area contributed by atoms with Crippen LogP contribution in [0, 0.1) is 5.41 Å². The van der Waals surface area contributed by atoms with Gasteiger partial charge in [0, 0.05) is 48.6 Å². The number of pyridine rings is 1. The molecule has 11 nitrogen and oxygen atoms in total. The number of carbonyl (C=O) groups is 2. The molecule has 1 atom stereocenters. The Morgan fingerprint density at radius 3 is 2.42 bits per heavy atom. The summed E-state index contributed by atoms with van der Waals surface area (Å²) in [6.45, 7) is 7.97. The first-order valence-corrected chi connectivity index (χ1v) is 14.0. The molecule has 3 heterocycles. The summed E-state index contributed by atoms with van der Waals surface area (Å²) < 4.78 is 0. The molecule has 1 saturated heterocycles. The number of nitrogens with zero attached hydrogens (tertiary/aromatic N) is 5. The fourth-order valence-electron chi connectivity index (χ4n) is 5.50. The number of carboxylic acid groups (broad SMARTS) is 1. The molecule has 212 valence electrons. The van der Waals surface area contributed by atoms with Crippen LogP contribution >= 0.6 is 0 Å². The quantitative estimate of drug-likeness (QED) is 0.332. The van der Waals surface area contributed by atoms with E-state index in [1.54, 1.807) is 17.2 Å². The Balaban J connectivity index is 1.23. The van der Waals surface area contributed by atoms with Crippen molar-refractivity contribution in [2.75, 3.05) is 35.2 Å². The van der Waals surface area contributed by atoms with E-state index in [9.17, 15) is 14.7 Å². The highest BCUT2D eigenvalue weighted by atomic mass is 16.4. The number of hydrogen-bond donors (Lipinski definition) is 4. The monoisotopic (exact) mass is 546 g/mol. The highest BCUT2D eigenvalue weighted by molar-refractivity contribution is 5.90. The first kappa shape index (κ1) is 27.4. The van der Waals surface area contributed by atoms with Crippen LogP contribution in [0.15, 0.2) is 42.6 Å². The third-order valence-corrected chi connectivity index (χ3v) is 7.74. The highest BCUT2D eigenvalue weighted by Crippen LogP contribution is 2.31. The van der Waals surface area contributed by atoms with Crippen LogP contribution in [0.3, 0.4) is 0 Å². The predicted octanol–water partition coefficient (Wildman–Crippen LogP) is 5.44. The van der Waals surface area contributed by atoms with Crippen molar-refractivity contribution in [2.45, 2.75) is 65.0 Å². The average Bonchev–Trinajstić information content (AvgIpc) is 2.93. The van der Waals surface area contributed by atoms with Crippen molar-refractivity contribution >= 4 is 46.3 Å². The van der Waals surface area contributed by atoms with E-state index in [0.717, 1.165) is 42.4 Å². The second kappa shape index (κ2) is 11.5. The molecule has 1 aliphatic carbocycles. The van der Waals surface area contributed by atoms with Crippen LogP contribution in [-0.2, 0) is 0 Å². The molecular weight excluding hydrogens is 508 g/mol. The number of piperazine rings is 1. The Morgan fingerprint density at radius 2 is 1.73 bits per heavy atom. The van der Waals surface area contributed by atoms with Crippen molar-refractivity contribution in [3.8, 4) is 0 Å². The summed E-state index contributed by atoms with van der Waals surface area (Å²) in [5, 5.41) is 19.5. The topological polar surface area (TPSA) is 136 Å². The van der Waals surface area contributed by atoms with Crippen LogP contribution < -0.4 is 20.9 Å². The second-order valence-electron chi connectivity index (χ2n) is 11.7. The van der Waals surface area contributed by atoms with Crippen molar-refractivity contribution in [1.29, 1.82) is 0 Å². The van der Waals surface area contributed by atoms with Crippen LogP contribution in [0.5, 0.6) is 0 Å². The fraction of sp³-hybridized carbons (Fsp3) is 0.483. The van der Waals surface area contributed by atoms with E-state index in [2.05, 4.69) is 56.6 Å². The van der Waals surface area contributed by atoms with Gasteiger partial charge in [-0.2, -0.15) is 4.98 Å². The molecule has 1 saturated carbocycles. The number of anilines is 4. The van der Waals surface area contributed by atoms with Gasteiger partial charge in [0.1, 0.15) is 5.82 Å². The molecule has 40 heavy (non-hydrogen) atoms. The van der Waals surface area contributed by atoms with Gasteiger partial charge in [-0.05, 0) is 54.7 Å². The molecule has 0 bridgehead atoms. The molecule has 1 aromatic carbocycles. The van der Waals surface area contributed by atoms with E-state index in [4.69, 9.17) is 0 Å². The summed E-state index contributed by atoms with van der Waals surface area (Å²) in [6.07, 6.45) is 6.39. The van der Waals surface area contributed by atoms with Crippen molar-refractivity contribution in [1.82, 2.24) is 25.2 Å². The molecule has 2 fully saturated rings. The Morgan fingerprint density at radius 1 is 0.975 bits per heavy atom. The van der Waals surface area contributed by atoms with Crippen molar-refractivity contribution < 1.29 is 14.7 Å². The van der Waals surface area contributed by atoms with Gasteiger partial charge in [0.05, 0.1) is 6.04 Å². The molecule has 5 rings (SSSR count). The molecule has 0 spiro atoms. The molecule has 1 unspecified atom stereocenters. The number of nitrogens with one attached hydrogen (secondary N) is 3. The van der Waals surface area contributed by atoms with E-state index in [1.165, 1.54) is 6.42 Å². The lowest BCUT2D eigenvalue weighted by molar-refractivity contribution is 0.0748.